The third-order valence-electron chi connectivity index (χ3n) is 2.02. The first-order chi connectivity index (χ1) is 5.54. The van der Waals surface area contributed by atoms with Gasteiger partial charge in [0.15, 0.2) is 0 Å². The van der Waals surface area contributed by atoms with Crippen LogP contribution in [0.1, 0.15) is 13.3 Å². The van der Waals surface area contributed by atoms with Gasteiger partial charge in [-0.15, -0.1) is 0 Å². The number of carbonyl (C=O) groups excluding carboxylic acids is 2. The molecule has 5 nitrogen and oxygen atoms in total. The van der Waals surface area contributed by atoms with Crippen LogP contribution in [-0.4, -0.2) is 35.3 Å². The van der Waals surface area contributed by atoms with Crippen LogP contribution in [0.4, 0.5) is 0 Å². The zero-order chi connectivity index (χ0) is 9.30. The second-order valence-electron chi connectivity index (χ2n) is 3.03. The number of rotatable bonds is 2. The Morgan fingerprint density at radius 2 is 2.17 bits per heavy atom. The van der Waals surface area contributed by atoms with Gasteiger partial charge in [0.05, 0.1) is 6.04 Å². The fourth-order valence-corrected chi connectivity index (χ4v) is 1.21. The maximum absolute atomic E-state index is 11.2. The third kappa shape index (κ3) is 1.40. The molecular formula is C7H13N3O2. The standard InChI is InChI=1S/C7H13N3O2/c1-4(8)7(12)10-3-2-5(10)6(9)11/h4-5H,2-3,8H2,1H3,(H2,9,11)/t4-,5?/m0/s1. The molecule has 68 valence electrons. The van der Waals surface area contributed by atoms with Gasteiger partial charge in [-0.05, 0) is 13.3 Å². The predicted octanol–water partition coefficient (Wildman–Crippen LogP) is -1.58. The Morgan fingerprint density at radius 3 is 2.42 bits per heavy atom. The van der Waals surface area contributed by atoms with E-state index in [2.05, 4.69) is 0 Å². The van der Waals surface area contributed by atoms with Gasteiger partial charge in [0.1, 0.15) is 6.04 Å². The average Bonchev–Trinajstić information content (AvgIpc) is 1.82. The van der Waals surface area contributed by atoms with Crippen molar-refractivity contribution in [3.8, 4) is 0 Å². The number of nitrogens with zero attached hydrogens (tertiary/aromatic N) is 1. The fourth-order valence-electron chi connectivity index (χ4n) is 1.21. The van der Waals surface area contributed by atoms with Crippen LogP contribution >= 0.6 is 0 Å². The molecular weight excluding hydrogens is 158 g/mol. The SMILES string of the molecule is C[C@H](N)C(=O)N1CCC1C(N)=O. The summed E-state index contributed by atoms with van der Waals surface area (Å²) in [4.78, 5) is 23.4. The van der Waals surface area contributed by atoms with Crippen molar-refractivity contribution in [3.63, 3.8) is 0 Å². The minimum absolute atomic E-state index is 0.204. The average molecular weight is 171 g/mol. The first-order valence-electron chi connectivity index (χ1n) is 3.89. The Balaban J connectivity index is 2.55. The summed E-state index contributed by atoms with van der Waals surface area (Å²) >= 11 is 0. The number of carbonyl (C=O) groups is 2. The van der Waals surface area contributed by atoms with Gasteiger partial charge >= 0.3 is 0 Å². The molecule has 1 aliphatic rings. The van der Waals surface area contributed by atoms with E-state index in [4.69, 9.17) is 11.5 Å². The Kier molecular flexibility index (Phi) is 2.32. The number of likely N-dealkylation sites (tertiary alicyclic amines) is 1. The second-order valence-corrected chi connectivity index (χ2v) is 3.03. The van der Waals surface area contributed by atoms with E-state index in [1.807, 2.05) is 0 Å². The van der Waals surface area contributed by atoms with Crippen LogP contribution in [0.5, 0.6) is 0 Å². The lowest BCUT2D eigenvalue weighted by molar-refractivity contribution is -0.146. The summed E-state index contributed by atoms with van der Waals surface area (Å²) in [7, 11) is 0. The maximum Gasteiger partial charge on any atom is 0.240 e. The highest BCUT2D eigenvalue weighted by Gasteiger charge is 2.36. The Morgan fingerprint density at radius 1 is 1.58 bits per heavy atom. The molecule has 0 aromatic heterocycles. The molecule has 1 aliphatic heterocycles. The van der Waals surface area contributed by atoms with Gasteiger partial charge in [-0.3, -0.25) is 9.59 Å². The van der Waals surface area contributed by atoms with Crippen molar-refractivity contribution >= 4 is 11.8 Å². The minimum Gasteiger partial charge on any atom is -0.368 e. The molecule has 2 amide bonds. The first-order valence-corrected chi connectivity index (χ1v) is 3.89. The predicted molar refractivity (Wildman–Crippen MR) is 43.0 cm³/mol. The van der Waals surface area contributed by atoms with Crippen LogP contribution in [0.2, 0.25) is 0 Å². The van der Waals surface area contributed by atoms with Crippen LogP contribution in [0.15, 0.2) is 0 Å². The smallest absolute Gasteiger partial charge is 0.240 e. The molecule has 5 heteroatoms. The van der Waals surface area contributed by atoms with E-state index in [0.29, 0.717) is 13.0 Å². The molecule has 1 unspecified atom stereocenters. The molecule has 2 atom stereocenters. The van der Waals surface area contributed by atoms with Crippen molar-refractivity contribution < 1.29 is 9.59 Å². The Hall–Kier alpha value is -1.10. The van der Waals surface area contributed by atoms with Crippen molar-refractivity contribution in [2.45, 2.75) is 25.4 Å². The molecule has 0 aromatic carbocycles. The van der Waals surface area contributed by atoms with Gasteiger partial charge in [0.25, 0.3) is 0 Å². The summed E-state index contributed by atoms with van der Waals surface area (Å²) in [6.07, 6.45) is 0.661. The summed E-state index contributed by atoms with van der Waals surface area (Å²) in [5.74, 6) is -0.652. The Labute approximate surface area is 70.7 Å². The maximum atomic E-state index is 11.2. The molecule has 1 fully saturated rings. The van der Waals surface area contributed by atoms with Crippen LogP contribution in [0.25, 0.3) is 0 Å². The fraction of sp³-hybridized carbons (Fsp3) is 0.714. The zero-order valence-corrected chi connectivity index (χ0v) is 6.99. The molecule has 1 rings (SSSR count). The molecule has 4 N–H and O–H groups in total. The van der Waals surface area contributed by atoms with E-state index < -0.39 is 18.0 Å². The second kappa shape index (κ2) is 3.10. The quantitative estimate of drug-likeness (QED) is 0.525. The normalized spacial score (nSPS) is 24.5. The largest absolute Gasteiger partial charge is 0.368 e. The first kappa shape index (κ1) is 8.99. The zero-order valence-electron chi connectivity index (χ0n) is 6.99. The molecule has 0 bridgehead atoms. The molecule has 1 saturated heterocycles. The van der Waals surface area contributed by atoms with Crippen molar-refractivity contribution in [2.24, 2.45) is 11.5 Å². The van der Waals surface area contributed by atoms with Gasteiger partial charge in [-0.2, -0.15) is 0 Å². The molecule has 0 aliphatic carbocycles. The monoisotopic (exact) mass is 171 g/mol. The summed E-state index contributed by atoms with van der Waals surface area (Å²) < 4.78 is 0. The molecule has 0 radical (unpaired) electrons. The number of nitrogens with two attached hydrogens (primary N) is 2. The lowest BCUT2D eigenvalue weighted by atomic mass is 10.0. The number of hydrogen-bond acceptors (Lipinski definition) is 3. The van der Waals surface area contributed by atoms with E-state index in [0.717, 1.165) is 0 Å². The van der Waals surface area contributed by atoms with Gasteiger partial charge in [-0.1, -0.05) is 0 Å². The number of hydrogen-bond donors (Lipinski definition) is 2. The Bertz CT molecular complexity index is 215. The van der Waals surface area contributed by atoms with Crippen molar-refractivity contribution in [1.29, 1.82) is 0 Å². The summed E-state index contributed by atoms with van der Waals surface area (Å²) in [6, 6.07) is -0.976. The highest BCUT2D eigenvalue weighted by Crippen LogP contribution is 2.17. The summed E-state index contributed by atoms with van der Waals surface area (Å²) in [5, 5.41) is 0. The molecule has 0 spiro atoms. The highest BCUT2D eigenvalue weighted by atomic mass is 16.2. The van der Waals surface area contributed by atoms with Crippen LogP contribution in [0.3, 0.4) is 0 Å². The van der Waals surface area contributed by atoms with Crippen molar-refractivity contribution in [1.82, 2.24) is 4.90 Å². The van der Waals surface area contributed by atoms with Crippen LogP contribution in [0, 0.1) is 0 Å². The van der Waals surface area contributed by atoms with Crippen LogP contribution < -0.4 is 11.5 Å². The topological polar surface area (TPSA) is 89.4 Å². The van der Waals surface area contributed by atoms with Crippen molar-refractivity contribution in [3.05, 3.63) is 0 Å². The third-order valence-corrected chi connectivity index (χ3v) is 2.02. The summed E-state index contributed by atoms with van der Waals surface area (Å²) in [5.41, 5.74) is 10.4. The van der Waals surface area contributed by atoms with Crippen molar-refractivity contribution in [2.75, 3.05) is 6.54 Å². The van der Waals surface area contributed by atoms with Gasteiger partial charge < -0.3 is 16.4 Å². The molecule has 12 heavy (non-hydrogen) atoms. The minimum atomic E-state index is -0.549. The van der Waals surface area contributed by atoms with E-state index >= 15 is 0 Å². The van der Waals surface area contributed by atoms with E-state index in [9.17, 15) is 9.59 Å². The molecule has 0 saturated carbocycles. The lowest BCUT2D eigenvalue weighted by Gasteiger charge is -2.39. The summed E-state index contributed by atoms with van der Waals surface area (Å²) in [6.45, 7) is 2.19. The number of amides is 2. The van der Waals surface area contributed by atoms with E-state index in [1.54, 1.807) is 6.92 Å². The van der Waals surface area contributed by atoms with Gasteiger partial charge in [0, 0.05) is 6.54 Å². The number of primary amides is 1. The lowest BCUT2D eigenvalue weighted by Crippen LogP contribution is -2.60. The van der Waals surface area contributed by atoms with Gasteiger partial charge in [-0.25, -0.2) is 0 Å². The molecule has 1 heterocycles. The molecule has 0 aromatic rings. The van der Waals surface area contributed by atoms with E-state index in [1.165, 1.54) is 4.90 Å². The highest BCUT2D eigenvalue weighted by molar-refractivity contribution is 5.90. The van der Waals surface area contributed by atoms with Crippen LogP contribution in [-0.2, 0) is 9.59 Å². The van der Waals surface area contributed by atoms with E-state index in [-0.39, 0.29) is 5.91 Å². The van der Waals surface area contributed by atoms with Gasteiger partial charge in [0.2, 0.25) is 11.8 Å².